The molecule has 0 saturated carbocycles. The smallest absolute Gasteiger partial charge is 0.326 e. The lowest BCUT2D eigenvalue weighted by molar-refractivity contribution is -0.139. The molecule has 18 heavy (non-hydrogen) atoms. The van der Waals surface area contributed by atoms with E-state index in [4.69, 9.17) is 10.8 Å². The van der Waals surface area contributed by atoms with Crippen LogP contribution in [0.25, 0.3) is 0 Å². The van der Waals surface area contributed by atoms with Gasteiger partial charge in [0.2, 0.25) is 5.91 Å². The van der Waals surface area contributed by atoms with Crippen molar-refractivity contribution in [2.24, 2.45) is 5.73 Å². The van der Waals surface area contributed by atoms with Gasteiger partial charge < -0.3 is 21.1 Å². The maximum atomic E-state index is 11.6. The number of amides is 3. The minimum absolute atomic E-state index is 0.00717. The van der Waals surface area contributed by atoms with Gasteiger partial charge in [-0.1, -0.05) is 0 Å². The lowest BCUT2D eigenvalue weighted by atomic mass is 10.1. The average molecular weight is 277 g/mol. The van der Waals surface area contributed by atoms with E-state index >= 15 is 0 Å². The number of carboxylic acid groups (broad SMARTS) is 1. The molecule has 8 heteroatoms. The fourth-order valence-corrected chi connectivity index (χ4v) is 1.59. The lowest BCUT2D eigenvalue weighted by Crippen LogP contribution is -2.47. The van der Waals surface area contributed by atoms with Gasteiger partial charge >= 0.3 is 12.0 Å². The number of thioether (sulfide) groups is 1. The van der Waals surface area contributed by atoms with Gasteiger partial charge in [0.1, 0.15) is 6.04 Å². The molecule has 0 saturated heterocycles. The number of aliphatic carboxylic acids is 1. The second-order valence-electron chi connectivity index (χ2n) is 3.76. The Balaban J connectivity index is 4.26. The highest BCUT2D eigenvalue weighted by Gasteiger charge is 2.21. The summed E-state index contributed by atoms with van der Waals surface area (Å²) in [5.41, 5.74) is 4.94. The van der Waals surface area contributed by atoms with E-state index in [9.17, 15) is 14.4 Å². The normalized spacial score (nSPS) is 11.7. The van der Waals surface area contributed by atoms with Crippen LogP contribution in [0.15, 0.2) is 0 Å². The number of nitrogens with one attached hydrogen (secondary N) is 1. The van der Waals surface area contributed by atoms with Gasteiger partial charge in [-0.2, -0.15) is 11.8 Å². The summed E-state index contributed by atoms with van der Waals surface area (Å²) < 4.78 is 0. The summed E-state index contributed by atoms with van der Waals surface area (Å²) in [5, 5.41) is 11.3. The molecular formula is C10H19N3O4S. The molecule has 0 aliphatic heterocycles. The quantitative estimate of drug-likeness (QED) is 0.564. The lowest BCUT2D eigenvalue weighted by Gasteiger charge is -2.20. The highest BCUT2D eigenvalue weighted by Crippen LogP contribution is 2.00. The van der Waals surface area contributed by atoms with E-state index < -0.39 is 23.9 Å². The first-order valence-electron chi connectivity index (χ1n) is 5.40. The first kappa shape index (κ1) is 16.6. The van der Waals surface area contributed by atoms with Gasteiger partial charge in [0.25, 0.3) is 0 Å². The molecule has 7 nitrogen and oxygen atoms in total. The molecule has 0 rings (SSSR count). The maximum absolute atomic E-state index is 11.6. The van der Waals surface area contributed by atoms with Gasteiger partial charge in [0.15, 0.2) is 0 Å². The molecule has 0 aromatic rings. The van der Waals surface area contributed by atoms with E-state index in [1.807, 2.05) is 6.26 Å². The zero-order valence-corrected chi connectivity index (χ0v) is 11.3. The summed E-state index contributed by atoms with van der Waals surface area (Å²) in [5.74, 6) is -1.00. The predicted molar refractivity (Wildman–Crippen MR) is 69.4 cm³/mol. The fraction of sp³-hybridized carbons (Fsp3) is 0.700. The molecular weight excluding hydrogens is 258 g/mol. The van der Waals surface area contributed by atoms with Crippen LogP contribution in [0.5, 0.6) is 0 Å². The largest absolute Gasteiger partial charge is 0.480 e. The van der Waals surface area contributed by atoms with Gasteiger partial charge in [-0.25, -0.2) is 9.59 Å². The topological polar surface area (TPSA) is 113 Å². The van der Waals surface area contributed by atoms with Crippen LogP contribution in [0.4, 0.5) is 4.79 Å². The Hall–Kier alpha value is -1.44. The number of nitrogens with zero attached hydrogens (tertiary/aromatic N) is 1. The van der Waals surface area contributed by atoms with Crippen LogP contribution in [0.2, 0.25) is 0 Å². The van der Waals surface area contributed by atoms with Crippen LogP contribution < -0.4 is 11.1 Å². The number of carbonyl (C=O) groups is 3. The summed E-state index contributed by atoms with van der Waals surface area (Å²) in [4.78, 5) is 34.5. The highest BCUT2D eigenvalue weighted by atomic mass is 32.2. The monoisotopic (exact) mass is 277 g/mol. The summed E-state index contributed by atoms with van der Waals surface area (Å²) in [6, 6.07) is -1.57. The van der Waals surface area contributed by atoms with Crippen molar-refractivity contribution >= 4 is 29.7 Å². The Labute approximate surface area is 110 Å². The van der Waals surface area contributed by atoms with Gasteiger partial charge in [0, 0.05) is 25.8 Å². The zero-order valence-electron chi connectivity index (χ0n) is 10.5. The Morgan fingerprint density at radius 2 is 2.06 bits per heavy atom. The summed E-state index contributed by atoms with van der Waals surface area (Å²) in [6.45, 7) is 0.523. The minimum atomic E-state index is -1.18. The molecule has 0 unspecified atom stereocenters. The maximum Gasteiger partial charge on any atom is 0.326 e. The van der Waals surface area contributed by atoms with Crippen LogP contribution in [0.3, 0.4) is 0 Å². The van der Waals surface area contributed by atoms with Gasteiger partial charge in [0.05, 0.1) is 0 Å². The number of carboxylic acids is 1. The minimum Gasteiger partial charge on any atom is -0.480 e. The average Bonchev–Trinajstić information content (AvgIpc) is 2.30. The van der Waals surface area contributed by atoms with Crippen LogP contribution in [-0.2, 0) is 9.59 Å². The van der Waals surface area contributed by atoms with Crippen molar-refractivity contribution < 1.29 is 19.5 Å². The predicted octanol–water partition coefficient (Wildman–Crippen LogP) is -0.290. The number of urea groups is 1. The Morgan fingerprint density at radius 1 is 1.44 bits per heavy atom. The van der Waals surface area contributed by atoms with E-state index in [0.717, 1.165) is 5.75 Å². The van der Waals surface area contributed by atoms with Crippen LogP contribution in [0, 0.1) is 0 Å². The van der Waals surface area contributed by atoms with E-state index in [1.54, 1.807) is 18.8 Å². The molecule has 0 bridgehead atoms. The Kier molecular flexibility index (Phi) is 7.93. The van der Waals surface area contributed by atoms with E-state index in [1.165, 1.54) is 4.90 Å². The van der Waals surface area contributed by atoms with Crippen LogP contribution in [0.1, 0.15) is 12.8 Å². The molecule has 104 valence electrons. The first-order valence-corrected chi connectivity index (χ1v) is 6.79. The Morgan fingerprint density at radius 3 is 2.50 bits per heavy atom. The molecule has 0 aliphatic rings. The number of primary amides is 1. The van der Waals surface area contributed by atoms with Crippen molar-refractivity contribution in [3.05, 3.63) is 0 Å². The number of nitrogens with two attached hydrogens (primary N) is 1. The van der Waals surface area contributed by atoms with Crippen molar-refractivity contribution in [3.8, 4) is 0 Å². The van der Waals surface area contributed by atoms with Crippen LogP contribution in [-0.4, -0.2) is 59.6 Å². The third-order valence-electron chi connectivity index (χ3n) is 2.25. The summed E-state index contributed by atoms with van der Waals surface area (Å²) >= 11 is 1.59. The van der Waals surface area contributed by atoms with Crippen molar-refractivity contribution in [3.63, 3.8) is 0 Å². The van der Waals surface area contributed by atoms with Crippen LogP contribution >= 0.6 is 11.8 Å². The number of hydrogen-bond acceptors (Lipinski definition) is 4. The molecule has 0 fully saturated rings. The van der Waals surface area contributed by atoms with Crippen molar-refractivity contribution in [2.45, 2.75) is 18.9 Å². The molecule has 0 aromatic carbocycles. The molecule has 1 atom stereocenters. The fourth-order valence-electron chi connectivity index (χ4n) is 1.13. The molecule has 0 aromatic heterocycles. The summed E-state index contributed by atoms with van der Waals surface area (Å²) in [7, 11) is 1.58. The third-order valence-corrected chi connectivity index (χ3v) is 2.84. The number of hydrogen-bond donors (Lipinski definition) is 3. The highest BCUT2D eigenvalue weighted by molar-refractivity contribution is 7.98. The molecule has 3 amide bonds. The summed E-state index contributed by atoms with van der Waals surface area (Å²) in [6.07, 6.45) is 1.83. The third kappa shape index (κ3) is 7.00. The van der Waals surface area contributed by atoms with Gasteiger partial charge in [-0.05, 0) is 12.7 Å². The van der Waals surface area contributed by atoms with E-state index in [2.05, 4.69) is 5.32 Å². The second-order valence-corrected chi connectivity index (χ2v) is 4.75. The van der Waals surface area contributed by atoms with E-state index in [-0.39, 0.29) is 12.8 Å². The molecule has 0 heterocycles. The number of rotatable bonds is 8. The van der Waals surface area contributed by atoms with E-state index in [0.29, 0.717) is 6.54 Å². The first-order chi connectivity index (χ1) is 8.38. The molecule has 0 aliphatic carbocycles. The van der Waals surface area contributed by atoms with Crippen molar-refractivity contribution in [1.82, 2.24) is 10.2 Å². The molecule has 0 radical (unpaired) electrons. The standard InChI is InChI=1S/C10H19N3O4S/c1-13(5-6-18-2)10(17)12-7(9(15)16)3-4-8(11)14/h7H,3-6H2,1-2H3,(H2,11,14)(H,12,17)(H,15,16)/t7-/m1/s1. The SMILES string of the molecule is CSCCN(C)C(=O)N[C@H](CCC(N)=O)C(=O)O. The Bertz CT molecular complexity index is 311. The van der Waals surface area contributed by atoms with Crippen molar-refractivity contribution in [2.75, 3.05) is 25.6 Å². The molecule has 4 N–H and O–H groups in total. The molecule has 0 spiro atoms. The zero-order chi connectivity index (χ0) is 14.1. The van der Waals surface area contributed by atoms with Gasteiger partial charge in [-0.3, -0.25) is 4.79 Å². The van der Waals surface area contributed by atoms with Crippen molar-refractivity contribution in [1.29, 1.82) is 0 Å². The second kappa shape index (κ2) is 8.62. The van der Waals surface area contributed by atoms with Gasteiger partial charge in [-0.15, -0.1) is 0 Å². The number of carbonyl (C=O) groups excluding carboxylic acids is 2.